The number of halogens is 2. The first kappa shape index (κ1) is 23.6. The first-order valence-electron chi connectivity index (χ1n) is 9.69. The minimum atomic E-state index is -1.13. The lowest BCUT2D eigenvalue weighted by molar-refractivity contribution is -0.111. The van der Waals surface area contributed by atoms with Gasteiger partial charge in [0.05, 0.1) is 12.8 Å². The largest absolute Gasteiger partial charge is 0.488 e. The van der Waals surface area contributed by atoms with Gasteiger partial charge in [-0.2, -0.15) is 4.98 Å². The molecule has 0 aliphatic heterocycles. The fraction of sp³-hybridized carbons (Fsp3) is 0.136. The molecule has 0 saturated carbocycles. The highest BCUT2D eigenvalue weighted by Gasteiger charge is 2.11. The molecule has 9 nitrogen and oxygen atoms in total. The number of hydrogen-bond acceptors (Lipinski definition) is 8. The average Bonchev–Trinajstić information content (AvgIpc) is 2.80. The average molecular weight is 457 g/mol. The van der Waals surface area contributed by atoms with Gasteiger partial charge in [0.25, 0.3) is 0 Å². The van der Waals surface area contributed by atoms with Gasteiger partial charge in [0.2, 0.25) is 11.9 Å². The molecule has 0 radical (unpaired) electrons. The minimum Gasteiger partial charge on any atom is -0.488 e. The van der Waals surface area contributed by atoms with E-state index >= 15 is 0 Å². The maximum absolute atomic E-state index is 14.2. The Morgan fingerprint density at radius 2 is 1.88 bits per heavy atom. The molecular formula is C22H21F2N5O4. The highest BCUT2D eigenvalue weighted by Crippen LogP contribution is 2.25. The maximum Gasteiger partial charge on any atom is 0.247 e. The summed E-state index contributed by atoms with van der Waals surface area (Å²) in [7, 11) is 0. The second kappa shape index (κ2) is 11.0. The quantitative estimate of drug-likeness (QED) is 0.294. The van der Waals surface area contributed by atoms with Gasteiger partial charge in [-0.3, -0.25) is 4.79 Å². The van der Waals surface area contributed by atoms with Gasteiger partial charge in [-0.1, -0.05) is 12.6 Å². The zero-order valence-electron chi connectivity index (χ0n) is 17.3. The van der Waals surface area contributed by atoms with Crippen molar-refractivity contribution in [2.24, 2.45) is 0 Å². The topological polar surface area (TPSA) is 129 Å². The van der Waals surface area contributed by atoms with Gasteiger partial charge >= 0.3 is 0 Å². The third-order valence-corrected chi connectivity index (χ3v) is 4.15. The molecule has 3 aromatic rings. The van der Waals surface area contributed by atoms with E-state index in [9.17, 15) is 18.7 Å². The number of ether oxygens (including phenoxy) is 1. The number of benzene rings is 2. The van der Waals surface area contributed by atoms with Crippen molar-refractivity contribution in [1.29, 1.82) is 0 Å². The van der Waals surface area contributed by atoms with E-state index in [4.69, 9.17) is 9.84 Å². The van der Waals surface area contributed by atoms with Crippen LogP contribution in [-0.2, 0) is 4.79 Å². The molecular weight excluding hydrogens is 436 g/mol. The standard InChI is InChI=1S/C22H21F2N5O4/c1-2-20(32)26-13-4-3-5-14(8-13)27-21-18(24)10-25-22(29-21)28-15-6-7-19(17(23)9-15)33-12-16(31)11-30/h2-10,16,30-31H,1,11-12H2,(H,26,32)(H2,25,27,28,29). The van der Waals surface area contributed by atoms with Crippen LogP contribution in [0.25, 0.3) is 0 Å². The van der Waals surface area contributed by atoms with E-state index in [-0.39, 0.29) is 35.7 Å². The van der Waals surface area contributed by atoms with Gasteiger partial charge in [-0.25, -0.2) is 13.8 Å². The Morgan fingerprint density at radius 3 is 2.61 bits per heavy atom. The van der Waals surface area contributed by atoms with Crippen LogP contribution in [0.4, 0.5) is 37.6 Å². The number of aliphatic hydroxyl groups excluding tert-OH is 2. The van der Waals surface area contributed by atoms with Gasteiger partial charge in [-0.05, 0) is 36.4 Å². The molecule has 0 aliphatic rings. The second-order valence-electron chi connectivity index (χ2n) is 6.71. The third-order valence-electron chi connectivity index (χ3n) is 4.15. The van der Waals surface area contributed by atoms with Crippen molar-refractivity contribution in [2.75, 3.05) is 29.2 Å². The number of amides is 1. The van der Waals surface area contributed by atoms with Crippen molar-refractivity contribution in [2.45, 2.75) is 6.10 Å². The highest BCUT2D eigenvalue weighted by atomic mass is 19.1. The summed E-state index contributed by atoms with van der Waals surface area (Å²) >= 11 is 0. The SMILES string of the molecule is C=CC(=O)Nc1cccc(Nc2nc(Nc3ccc(OCC(O)CO)c(F)c3)ncc2F)c1. The fourth-order valence-electron chi connectivity index (χ4n) is 2.58. The third kappa shape index (κ3) is 6.69. The van der Waals surface area contributed by atoms with E-state index in [1.165, 1.54) is 12.1 Å². The van der Waals surface area contributed by atoms with Crippen LogP contribution in [0, 0.1) is 11.6 Å². The zero-order valence-corrected chi connectivity index (χ0v) is 17.3. The molecule has 1 amide bonds. The van der Waals surface area contributed by atoms with Gasteiger partial charge in [0, 0.05) is 23.1 Å². The van der Waals surface area contributed by atoms with Crippen LogP contribution in [-0.4, -0.2) is 45.4 Å². The summed E-state index contributed by atoms with van der Waals surface area (Å²) in [6.45, 7) is 2.61. The number of carbonyl (C=O) groups excluding carboxylic acids is 1. The van der Waals surface area contributed by atoms with Crippen LogP contribution < -0.4 is 20.7 Å². The number of hydrogen-bond donors (Lipinski definition) is 5. The van der Waals surface area contributed by atoms with E-state index in [2.05, 4.69) is 32.5 Å². The van der Waals surface area contributed by atoms with Crippen molar-refractivity contribution in [3.63, 3.8) is 0 Å². The van der Waals surface area contributed by atoms with Crippen molar-refractivity contribution in [3.05, 3.63) is 73.0 Å². The number of nitrogens with zero attached hydrogens (tertiary/aromatic N) is 2. The molecule has 0 fully saturated rings. The fourth-order valence-corrected chi connectivity index (χ4v) is 2.58. The van der Waals surface area contributed by atoms with Crippen LogP contribution >= 0.6 is 0 Å². The van der Waals surface area contributed by atoms with Crippen LogP contribution in [0.2, 0.25) is 0 Å². The number of carbonyl (C=O) groups is 1. The lowest BCUT2D eigenvalue weighted by atomic mass is 10.2. The highest BCUT2D eigenvalue weighted by molar-refractivity contribution is 5.99. The molecule has 1 aromatic heterocycles. The summed E-state index contributed by atoms with van der Waals surface area (Å²) in [5.74, 6) is -2.08. The second-order valence-corrected chi connectivity index (χ2v) is 6.71. The zero-order chi connectivity index (χ0) is 23.8. The normalized spacial score (nSPS) is 11.4. The molecule has 0 aliphatic carbocycles. The Kier molecular flexibility index (Phi) is 7.84. The number of aliphatic hydroxyl groups is 2. The van der Waals surface area contributed by atoms with Gasteiger partial charge in [-0.15, -0.1) is 0 Å². The number of anilines is 5. The monoisotopic (exact) mass is 457 g/mol. The molecule has 3 rings (SSSR count). The van der Waals surface area contributed by atoms with E-state index < -0.39 is 24.3 Å². The first-order valence-corrected chi connectivity index (χ1v) is 9.69. The molecule has 11 heteroatoms. The van der Waals surface area contributed by atoms with Crippen LogP contribution in [0.1, 0.15) is 0 Å². The maximum atomic E-state index is 14.2. The van der Waals surface area contributed by atoms with Crippen molar-refractivity contribution >= 4 is 34.7 Å². The lowest BCUT2D eigenvalue weighted by Crippen LogP contribution is -2.21. The summed E-state index contributed by atoms with van der Waals surface area (Å²) in [4.78, 5) is 19.4. The Labute approximate surface area is 187 Å². The predicted octanol–water partition coefficient (Wildman–Crippen LogP) is 3.10. The summed E-state index contributed by atoms with van der Waals surface area (Å²) in [5, 5.41) is 26.2. The van der Waals surface area contributed by atoms with Crippen molar-refractivity contribution in [3.8, 4) is 5.75 Å². The van der Waals surface area contributed by atoms with Gasteiger partial charge in [0.1, 0.15) is 12.7 Å². The molecule has 172 valence electrons. The van der Waals surface area contributed by atoms with E-state index in [0.29, 0.717) is 11.4 Å². The van der Waals surface area contributed by atoms with Crippen molar-refractivity contribution < 1.29 is 28.5 Å². The predicted molar refractivity (Wildman–Crippen MR) is 119 cm³/mol. The molecule has 0 spiro atoms. The van der Waals surface area contributed by atoms with Crippen LogP contribution in [0.15, 0.2) is 61.3 Å². The molecule has 2 aromatic carbocycles. The molecule has 1 atom stereocenters. The summed E-state index contributed by atoms with van der Waals surface area (Å²) in [6, 6.07) is 10.5. The first-order chi connectivity index (χ1) is 15.9. The number of rotatable bonds is 10. The Balaban J connectivity index is 1.72. The van der Waals surface area contributed by atoms with Crippen LogP contribution in [0.5, 0.6) is 5.75 Å². The molecule has 0 bridgehead atoms. The smallest absolute Gasteiger partial charge is 0.247 e. The van der Waals surface area contributed by atoms with E-state index in [1.54, 1.807) is 24.3 Å². The molecule has 1 heterocycles. The Hall–Kier alpha value is -4.09. The van der Waals surface area contributed by atoms with E-state index in [0.717, 1.165) is 18.3 Å². The summed E-state index contributed by atoms with van der Waals surface area (Å²) in [6.07, 6.45) is 0.951. The number of aromatic nitrogens is 2. The van der Waals surface area contributed by atoms with Gasteiger partial charge < -0.3 is 30.9 Å². The molecule has 1 unspecified atom stereocenters. The summed E-state index contributed by atoms with van der Waals surface area (Å²) in [5.41, 5.74) is 1.20. The summed E-state index contributed by atoms with van der Waals surface area (Å²) < 4.78 is 33.6. The number of nitrogens with one attached hydrogen (secondary N) is 3. The minimum absolute atomic E-state index is 0.00112. The lowest BCUT2D eigenvalue weighted by Gasteiger charge is -2.12. The molecule has 33 heavy (non-hydrogen) atoms. The molecule has 5 N–H and O–H groups in total. The van der Waals surface area contributed by atoms with Crippen molar-refractivity contribution in [1.82, 2.24) is 9.97 Å². The Bertz CT molecular complexity index is 1150. The van der Waals surface area contributed by atoms with E-state index in [1.807, 2.05) is 0 Å². The van der Waals surface area contributed by atoms with Gasteiger partial charge in [0.15, 0.2) is 23.2 Å². The van der Waals surface area contributed by atoms with Crippen LogP contribution in [0.3, 0.4) is 0 Å². The Morgan fingerprint density at radius 1 is 1.12 bits per heavy atom. The molecule has 0 saturated heterocycles.